The number of nitrogens with two attached hydrogens (primary N) is 1. The third-order valence-corrected chi connectivity index (χ3v) is 4.39. The molecule has 1 aliphatic carbocycles. The van der Waals surface area contributed by atoms with Crippen LogP contribution in [0.1, 0.15) is 58.8 Å². The van der Waals surface area contributed by atoms with Crippen LogP contribution in [0.4, 0.5) is 0 Å². The lowest BCUT2D eigenvalue weighted by atomic mass is 9.90. The number of carbonyl (C=O) groups excluding carboxylic acids is 1. The van der Waals surface area contributed by atoms with Gasteiger partial charge >= 0.3 is 0 Å². The summed E-state index contributed by atoms with van der Waals surface area (Å²) in [7, 11) is 2.07. The summed E-state index contributed by atoms with van der Waals surface area (Å²) in [5.41, 5.74) is 5.93. The number of carbonyl (C=O) groups is 1. The molecule has 3 N–H and O–H groups in total. The van der Waals surface area contributed by atoms with Crippen LogP contribution in [-0.4, -0.2) is 42.5 Å². The molecule has 1 saturated carbocycles. The lowest BCUT2D eigenvalue weighted by Crippen LogP contribution is -2.49. The molecule has 1 aliphatic rings. The Hall–Kier alpha value is -0.610. The van der Waals surface area contributed by atoms with Crippen molar-refractivity contribution < 1.29 is 4.79 Å². The molecule has 0 saturated heterocycles. The zero-order valence-electron chi connectivity index (χ0n) is 12.8. The van der Waals surface area contributed by atoms with Crippen LogP contribution >= 0.6 is 0 Å². The van der Waals surface area contributed by atoms with Crippen LogP contribution in [0.5, 0.6) is 0 Å². The molecule has 0 heterocycles. The average molecular weight is 269 g/mol. The SMILES string of the molecule is CCCCCNC(=O)C(C)N(C)C1CCC(N)CC1. The standard InChI is InChI=1S/C15H31N3O/c1-4-5-6-11-17-15(19)12(2)18(3)14-9-7-13(16)8-10-14/h12-14H,4-11,16H2,1-3H3,(H,17,19). The van der Waals surface area contributed by atoms with E-state index < -0.39 is 0 Å². The first-order chi connectivity index (χ1) is 9.06. The Morgan fingerprint density at radius 1 is 1.32 bits per heavy atom. The maximum atomic E-state index is 12.1. The second-order valence-electron chi connectivity index (χ2n) is 5.91. The summed E-state index contributed by atoms with van der Waals surface area (Å²) in [6, 6.07) is 0.833. The average Bonchev–Trinajstić information content (AvgIpc) is 2.42. The Kier molecular flexibility index (Phi) is 7.39. The third kappa shape index (κ3) is 5.49. The van der Waals surface area contributed by atoms with Crippen molar-refractivity contribution in [3.63, 3.8) is 0 Å². The number of unbranched alkanes of at least 4 members (excludes halogenated alkanes) is 2. The zero-order chi connectivity index (χ0) is 14.3. The first-order valence-corrected chi connectivity index (χ1v) is 7.81. The molecule has 0 aliphatic heterocycles. The minimum absolute atomic E-state index is 0.0408. The first-order valence-electron chi connectivity index (χ1n) is 7.81. The topological polar surface area (TPSA) is 58.4 Å². The number of nitrogens with one attached hydrogen (secondary N) is 1. The van der Waals surface area contributed by atoms with Crippen molar-refractivity contribution in [1.82, 2.24) is 10.2 Å². The Labute approximate surface area is 118 Å². The normalized spacial score (nSPS) is 25.3. The van der Waals surface area contributed by atoms with E-state index in [2.05, 4.69) is 24.2 Å². The fourth-order valence-corrected chi connectivity index (χ4v) is 2.74. The molecular weight excluding hydrogens is 238 g/mol. The summed E-state index contributed by atoms with van der Waals surface area (Å²) in [5.74, 6) is 0.161. The predicted octanol–water partition coefficient (Wildman–Crippen LogP) is 1.88. The maximum absolute atomic E-state index is 12.1. The zero-order valence-corrected chi connectivity index (χ0v) is 12.8. The number of hydrogen-bond acceptors (Lipinski definition) is 3. The van der Waals surface area contributed by atoms with Crippen molar-refractivity contribution in [3.05, 3.63) is 0 Å². The van der Waals surface area contributed by atoms with Crippen LogP contribution in [0.2, 0.25) is 0 Å². The fraction of sp³-hybridized carbons (Fsp3) is 0.933. The van der Waals surface area contributed by atoms with E-state index in [1.807, 2.05) is 6.92 Å². The highest BCUT2D eigenvalue weighted by Crippen LogP contribution is 2.22. The summed E-state index contributed by atoms with van der Waals surface area (Å²) in [4.78, 5) is 14.3. The molecule has 4 nitrogen and oxygen atoms in total. The van der Waals surface area contributed by atoms with Crippen LogP contribution < -0.4 is 11.1 Å². The van der Waals surface area contributed by atoms with Crippen molar-refractivity contribution in [3.8, 4) is 0 Å². The molecule has 1 fully saturated rings. The molecule has 1 atom stereocenters. The van der Waals surface area contributed by atoms with Gasteiger partial charge in [-0.25, -0.2) is 0 Å². The summed E-state index contributed by atoms with van der Waals surface area (Å²) in [6.45, 7) is 4.98. The minimum Gasteiger partial charge on any atom is -0.355 e. The Morgan fingerprint density at radius 3 is 2.53 bits per heavy atom. The van der Waals surface area contributed by atoms with Gasteiger partial charge in [-0.1, -0.05) is 19.8 Å². The fourth-order valence-electron chi connectivity index (χ4n) is 2.74. The molecule has 4 heteroatoms. The van der Waals surface area contributed by atoms with Crippen molar-refractivity contribution in [2.45, 2.75) is 76.9 Å². The number of hydrogen-bond donors (Lipinski definition) is 2. The molecule has 0 aromatic heterocycles. The number of amides is 1. The largest absolute Gasteiger partial charge is 0.355 e. The molecule has 0 aromatic carbocycles. The quantitative estimate of drug-likeness (QED) is 0.694. The van der Waals surface area contributed by atoms with Crippen molar-refractivity contribution >= 4 is 5.91 Å². The predicted molar refractivity (Wildman–Crippen MR) is 80.0 cm³/mol. The van der Waals surface area contributed by atoms with Crippen LogP contribution in [0.15, 0.2) is 0 Å². The monoisotopic (exact) mass is 269 g/mol. The molecule has 0 aromatic rings. The molecular formula is C15H31N3O. The highest BCUT2D eigenvalue weighted by molar-refractivity contribution is 5.81. The van der Waals surface area contributed by atoms with Crippen LogP contribution in [0.25, 0.3) is 0 Å². The smallest absolute Gasteiger partial charge is 0.237 e. The van der Waals surface area contributed by atoms with Gasteiger partial charge in [0.25, 0.3) is 0 Å². The van der Waals surface area contributed by atoms with Gasteiger partial charge < -0.3 is 11.1 Å². The Morgan fingerprint density at radius 2 is 1.95 bits per heavy atom. The van der Waals surface area contributed by atoms with E-state index in [4.69, 9.17) is 5.73 Å². The number of rotatable bonds is 7. The molecule has 0 spiro atoms. The van der Waals surface area contributed by atoms with E-state index >= 15 is 0 Å². The van der Waals surface area contributed by atoms with Gasteiger partial charge in [0.1, 0.15) is 0 Å². The highest BCUT2D eigenvalue weighted by atomic mass is 16.2. The minimum atomic E-state index is -0.0408. The van der Waals surface area contributed by atoms with Crippen LogP contribution in [-0.2, 0) is 4.79 Å². The number of nitrogens with zero attached hydrogens (tertiary/aromatic N) is 1. The van der Waals surface area contributed by atoms with Crippen molar-refractivity contribution in [2.24, 2.45) is 5.73 Å². The Bertz CT molecular complexity index is 262. The van der Waals surface area contributed by atoms with Gasteiger partial charge in [0, 0.05) is 18.6 Å². The van der Waals surface area contributed by atoms with E-state index in [9.17, 15) is 4.79 Å². The van der Waals surface area contributed by atoms with E-state index in [1.54, 1.807) is 0 Å². The molecule has 1 unspecified atom stereocenters. The number of likely N-dealkylation sites (N-methyl/N-ethyl adjacent to an activating group) is 1. The highest BCUT2D eigenvalue weighted by Gasteiger charge is 2.27. The van der Waals surface area contributed by atoms with Crippen LogP contribution in [0, 0.1) is 0 Å². The van der Waals surface area contributed by atoms with Crippen molar-refractivity contribution in [2.75, 3.05) is 13.6 Å². The van der Waals surface area contributed by atoms with Gasteiger partial charge in [0.2, 0.25) is 5.91 Å². The summed E-state index contributed by atoms with van der Waals surface area (Å²) in [6.07, 6.45) is 7.85. The van der Waals surface area contributed by atoms with Gasteiger partial charge in [0.05, 0.1) is 6.04 Å². The van der Waals surface area contributed by atoms with Gasteiger partial charge in [-0.2, -0.15) is 0 Å². The van der Waals surface area contributed by atoms with E-state index in [0.29, 0.717) is 12.1 Å². The second kappa shape index (κ2) is 8.54. The lowest BCUT2D eigenvalue weighted by molar-refractivity contribution is -0.126. The summed E-state index contributed by atoms with van der Waals surface area (Å²) >= 11 is 0. The Balaban J connectivity index is 2.30. The molecule has 1 amide bonds. The third-order valence-electron chi connectivity index (χ3n) is 4.39. The second-order valence-corrected chi connectivity index (χ2v) is 5.91. The van der Waals surface area contributed by atoms with Gasteiger partial charge in [-0.3, -0.25) is 9.69 Å². The van der Waals surface area contributed by atoms with E-state index in [-0.39, 0.29) is 11.9 Å². The van der Waals surface area contributed by atoms with Crippen molar-refractivity contribution in [1.29, 1.82) is 0 Å². The van der Waals surface area contributed by atoms with Gasteiger partial charge in [-0.15, -0.1) is 0 Å². The molecule has 19 heavy (non-hydrogen) atoms. The van der Waals surface area contributed by atoms with Gasteiger partial charge in [0.15, 0.2) is 0 Å². The summed E-state index contributed by atoms with van der Waals surface area (Å²) < 4.78 is 0. The van der Waals surface area contributed by atoms with Gasteiger partial charge in [-0.05, 0) is 46.1 Å². The molecule has 0 radical (unpaired) electrons. The molecule has 0 bridgehead atoms. The summed E-state index contributed by atoms with van der Waals surface area (Å²) in [5, 5.41) is 3.04. The first kappa shape index (κ1) is 16.4. The molecule has 1 rings (SSSR count). The van der Waals surface area contributed by atoms with E-state index in [0.717, 1.165) is 38.6 Å². The lowest BCUT2D eigenvalue weighted by Gasteiger charge is -2.36. The van der Waals surface area contributed by atoms with E-state index in [1.165, 1.54) is 12.8 Å². The van der Waals surface area contributed by atoms with Crippen LogP contribution in [0.3, 0.4) is 0 Å². The molecule has 112 valence electrons. The maximum Gasteiger partial charge on any atom is 0.237 e.